The van der Waals surface area contributed by atoms with Crippen molar-refractivity contribution in [2.24, 2.45) is 5.92 Å². The lowest BCUT2D eigenvalue weighted by atomic mass is 9.92. The standard InChI is InChI=1S/C16H25NO2S/c1-5-13(2)11-20-12-16(17-3,15(18)19-4)14-9-7-6-8-10-14/h6-10,13,17H,5,11-12H2,1-4H3. The van der Waals surface area contributed by atoms with Crippen molar-refractivity contribution >= 4 is 17.7 Å². The summed E-state index contributed by atoms with van der Waals surface area (Å²) in [6.07, 6.45) is 1.16. The third-order valence-electron chi connectivity index (χ3n) is 3.65. The molecule has 0 heterocycles. The summed E-state index contributed by atoms with van der Waals surface area (Å²) < 4.78 is 5.03. The fourth-order valence-electron chi connectivity index (χ4n) is 2.01. The quantitative estimate of drug-likeness (QED) is 0.748. The number of rotatable bonds is 8. The molecular weight excluding hydrogens is 270 g/mol. The van der Waals surface area contributed by atoms with Crippen molar-refractivity contribution in [1.29, 1.82) is 0 Å². The number of likely N-dealkylation sites (N-methyl/N-ethyl adjacent to an activating group) is 1. The van der Waals surface area contributed by atoms with E-state index in [0.29, 0.717) is 11.7 Å². The second-order valence-electron chi connectivity index (χ2n) is 5.04. The van der Waals surface area contributed by atoms with Gasteiger partial charge in [-0.1, -0.05) is 50.6 Å². The Bertz CT molecular complexity index is 410. The zero-order valence-electron chi connectivity index (χ0n) is 12.8. The van der Waals surface area contributed by atoms with Gasteiger partial charge in [0.1, 0.15) is 0 Å². The predicted octanol–water partition coefficient (Wildman–Crippen LogP) is 3.05. The van der Waals surface area contributed by atoms with Crippen molar-refractivity contribution < 1.29 is 9.53 Å². The molecule has 0 amide bonds. The Morgan fingerprint density at radius 1 is 1.40 bits per heavy atom. The van der Waals surface area contributed by atoms with E-state index >= 15 is 0 Å². The van der Waals surface area contributed by atoms with E-state index in [1.54, 1.807) is 11.8 Å². The summed E-state index contributed by atoms with van der Waals surface area (Å²) in [6, 6.07) is 9.79. The van der Waals surface area contributed by atoms with Crippen LogP contribution < -0.4 is 5.32 Å². The summed E-state index contributed by atoms with van der Waals surface area (Å²) in [5, 5.41) is 3.18. The van der Waals surface area contributed by atoms with Gasteiger partial charge in [0, 0.05) is 5.75 Å². The Labute approximate surface area is 126 Å². The first-order valence-electron chi connectivity index (χ1n) is 7.01. The Morgan fingerprint density at radius 2 is 2.05 bits per heavy atom. The lowest BCUT2D eigenvalue weighted by Gasteiger charge is -2.31. The largest absolute Gasteiger partial charge is 0.467 e. The molecule has 0 spiro atoms. The smallest absolute Gasteiger partial charge is 0.331 e. The van der Waals surface area contributed by atoms with Crippen LogP contribution in [0.25, 0.3) is 0 Å². The van der Waals surface area contributed by atoms with E-state index in [-0.39, 0.29) is 5.97 Å². The van der Waals surface area contributed by atoms with E-state index in [1.165, 1.54) is 7.11 Å². The lowest BCUT2D eigenvalue weighted by molar-refractivity contribution is -0.147. The molecular formula is C16H25NO2S. The maximum Gasteiger partial charge on any atom is 0.331 e. The van der Waals surface area contributed by atoms with Gasteiger partial charge in [0.2, 0.25) is 0 Å². The first-order chi connectivity index (χ1) is 9.60. The van der Waals surface area contributed by atoms with Gasteiger partial charge in [-0.3, -0.25) is 0 Å². The molecule has 20 heavy (non-hydrogen) atoms. The monoisotopic (exact) mass is 295 g/mol. The van der Waals surface area contributed by atoms with E-state index in [2.05, 4.69) is 19.2 Å². The highest BCUT2D eigenvalue weighted by molar-refractivity contribution is 7.99. The van der Waals surface area contributed by atoms with Gasteiger partial charge in [-0.15, -0.1) is 0 Å². The molecule has 1 aromatic carbocycles. The zero-order valence-corrected chi connectivity index (χ0v) is 13.6. The van der Waals surface area contributed by atoms with E-state index in [4.69, 9.17) is 4.74 Å². The Hall–Kier alpha value is -1.00. The van der Waals surface area contributed by atoms with Gasteiger partial charge in [-0.2, -0.15) is 11.8 Å². The molecule has 0 saturated carbocycles. The molecule has 0 saturated heterocycles. The number of carbonyl (C=O) groups is 1. The number of hydrogen-bond donors (Lipinski definition) is 1. The summed E-state index contributed by atoms with van der Waals surface area (Å²) in [7, 11) is 3.25. The first kappa shape index (κ1) is 17.1. The fourth-order valence-corrected chi connectivity index (χ4v) is 3.50. The summed E-state index contributed by atoms with van der Waals surface area (Å²) in [5.41, 5.74) is 0.180. The lowest BCUT2D eigenvalue weighted by Crippen LogP contribution is -2.50. The van der Waals surface area contributed by atoms with Crippen molar-refractivity contribution in [3.8, 4) is 0 Å². The van der Waals surface area contributed by atoms with E-state index in [0.717, 1.165) is 17.7 Å². The van der Waals surface area contributed by atoms with E-state index in [1.807, 2.05) is 37.4 Å². The average molecular weight is 295 g/mol. The topological polar surface area (TPSA) is 38.3 Å². The van der Waals surface area contributed by atoms with Crippen LogP contribution in [0.3, 0.4) is 0 Å². The van der Waals surface area contributed by atoms with E-state index in [9.17, 15) is 4.79 Å². The summed E-state index contributed by atoms with van der Waals surface area (Å²) >= 11 is 1.79. The molecule has 1 N–H and O–H groups in total. The van der Waals surface area contributed by atoms with Crippen LogP contribution in [0.5, 0.6) is 0 Å². The number of hydrogen-bond acceptors (Lipinski definition) is 4. The van der Waals surface area contributed by atoms with Crippen LogP contribution in [0.4, 0.5) is 0 Å². The fraction of sp³-hybridized carbons (Fsp3) is 0.562. The number of esters is 1. The number of benzene rings is 1. The SMILES string of the molecule is CCC(C)CSCC(NC)(C(=O)OC)c1ccccc1. The zero-order chi connectivity index (χ0) is 15.0. The summed E-state index contributed by atoms with van der Waals surface area (Å²) in [4.78, 5) is 12.3. The third kappa shape index (κ3) is 4.00. The maximum absolute atomic E-state index is 12.3. The highest BCUT2D eigenvalue weighted by atomic mass is 32.2. The van der Waals surface area contributed by atoms with Gasteiger partial charge in [-0.05, 0) is 24.3 Å². The number of thioether (sulfide) groups is 1. The van der Waals surface area contributed by atoms with Crippen LogP contribution in [0, 0.1) is 5.92 Å². The van der Waals surface area contributed by atoms with Crippen LogP contribution in [-0.4, -0.2) is 31.6 Å². The van der Waals surface area contributed by atoms with Crippen molar-refractivity contribution in [2.75, 3.05) is 25.7 Å². The second kappa shape index (κ2) is 8.32. The molecule has 0 aliphatic rings. The van der Waals surface area contributed by atoms with Gasteiger partial charge < -0.3 is 10.1 Å². The highest BCUT2D eigenvalue weighted by Crippen LogP contribution is 2.28. The van der Waals surface area contributed by atoms with Crippen LogP contribution >= 0.6 is 11.8 Å². The predicted molar refractivity (Wildman–Crippen MR) is 86.0 cm³/mol. The summed E-state index contributed by atoms with van der Waals surface area (Å²) in [6.45, 7) is 4.42. The molecule has 0 fully saturated rings. The minimum atomic E-state index is -0.770. The molecule has 112 valence electrons. The second-order valence-corrected chi connectivity index (χ2v) is 6.07. The van der Waals surface area contributed by atoms with Crippen molar-refractivity contribution in [2.45, 2.75) is 25.8 Å². The van der Waals surface area contributed by atoms with Crippen molar-refractivity contribution in [1.82, 2.24) is 5.32 Å². The van der Waals surface area contributed by atoms with E-state index < -0.39 is 5.54 Å². The molecule has 4 heteroatoms. The Kier molecular flexibility index (Phi) is 7.10. The third-order valence-corrected chi connectivity index (χ3v) is 5.09. The molecule has 2 atom stereocenters. The molecule has 0 aromatic heterocycles. The minimum absolute atomic E-state index is 0.233. The first-order valence-corrected chi connectivity index (χ1v) is 8.16. The maximum atomic E-state index is 12.3. The van der Waals surface area contributed by atoms with Crippen LogP contribution in [0.1, 0.15) is 25.8 Å². The molecule has 0 aliphatic heterocycles. The van der Waals surface area contributed by atoms with Gasteiger partial charge in [-0.25, -0.2) is 4.79 Å². The number of carbonyl (C=O) groups excluding carboxylic acids is 1. The molecule has 0 bridgehead atoms. The summed E-state index contributed by atoms with van der Waals surface area (Å²) in [5.74, 6) is 2.14. The average Bonchev–Trinajstić information content (AvgIpc) is 2.51. The Balaban J connectivity index is 2.92. The van der Waals surface area contributed by atoms with Crippen molar-refractivity contribution in [3.63, 3.8) is 0 Å². The minimum Gasteiger partial charge on any atom is -0.467 e. The molecule has 1 aromatic rings. The molecule has 3 nitrogen and oxygen atoms in total. The van der Waals surface area contributed by atoms with Crippen molar-refractivity contribution in [3.05, 3.63) is 35.9 Å². The molecule has 2 unspecified atom stereocenters. The van der Waals surface area contributed by atoms with Crippen LogP contribution in [0.15, 0.2) is 30.3 Å². The molecule has 0 aliphatic carbocycles. The normalized spacial score (nSPS) is 15.4. The van der Waals surface area contributed by atoms with Gasteiger partial charge >= 0.3 is 5.97 Å². The van der Waals surface area contributed by atoms with Gasteiger partial charge in [0.05, 0.1) is 7.11 Å². The number of ether oxygens (including phenoxy) is 1. The van der Waals surface area contributed by atoms with Crippen LogP contribution in [0.2, 0.25) is 0 Å². The number of nitrogens with one attached hydrogen (secondary N) is 1. The molecule has 0 radical (unpaired) electrons. The Morgan fingerprint density at radius 3 is 2.55 bits per heavy atom. The highest BCUT2D eigenvalue weighted by Gasteiger charge is 2.39. The van der Waals surface area contributed by atoms with Crippen LogP contribution in [-0.2, 0) is 15.1 Å². The van der Waals surface area contributed by atoms with Gasteiger partial charge in [0.15, 0.2) is 5.54 Å². The van der Waals surface area contributed by atoms with Gasteiger partial charge in [0.25, 0.3) is 0 Å². The molecule has 1 rings (SSSR count). The number of methoxy groups -OCH3 is 1.